The van der Waals surface area contributed by atoms with E-state index in [2.05, 4.69) is 21.2 Å². The lowest BCUT2D eigenvalue weighted by molar-refractivity contribution is 0.221. The first-order chi connectivity index (χ1) is 9.86. The van der Waals surface area contributed by atoms with Crippen LogP contribution in [0.3, 0.4) is 0 Å². The number of nitriles is 1. The number of hydrogen-bond donors (Lipinski definition) is 1. The van der Waals surface area contributed by atoms with Gasteiger partial charge >= 0.3 is 0 Å². The van der Waals surface area contributed by atoms with E-state index in [-0.39, 0.29) is 0 Å². The van der Waals surface area contributed by atoms with Crippen LogP contribution in [0.15, 0.2) is 30.5 Å². The van der Waals surface area contributed by atoms with E-state index in [9.17, 15) is 0 Å². The Kier molecular flexibility index (Phi) is 3.80. The number of benzene rings is 1. The molecule has 1 aliphatic rings. The number of aromatic amines is 1. The third-order valence-corrected chi connectivity index (χ3v) is 3.86. The SMILES string of the molecule is N#Cc1ccc(-c2[nH]ncc2CN2CCCCC2)cc1. The molecule has 2 heterocycles. The highest BCUT2D eigenvalue weighted by molar-refractivity contribution is 5.63. The third kappa shape index (κ3) is 2.73. The molecule has 1 aromatic carbocycles. The number of likely N-dealkylation sites (tertiary alicyclic amines) is 1. The van der Waals surface area contributed by atoms with Crippen LogP contribution in [-0.4, -0.2) is 28.2 Å². The van der Waals surface area contributed by atoms with E-state index in [1.54, 1.807) is 0 Å². The van der Waals surface area contributed by atoms with Gasteiger partial charge in [0.15, 0.2) is 0 Å². The van der Waals surface area contributed by atoms with Gasteiger partial charge in [0.25, 0.3) is 0 Å². The summed E-state index contributed by atoms with van der Waals surface area (Å²) in [4.78, 5) is 2.49. The van der Waals surface area contributed by atoms with E-state index >= 15 is 0 Å². The number of aromatic nitrogens is 2. The molecule has 0 aliphatic carbocycles. The molecule has 1 fully saturated rings. The van der Waals surface area contributed by atoms with Crippen molar-refractivity contribution in [2.24, 2.45) is 0 Å². The van der Waals surface area contributed by atoms with E-state index in [0.717, 1.165) is 17.8 Å². The minimum Gasteiger partial charge on any atom is -0.299 e. The Morgan fingerprint density at radius 3 is 2.60 bits per heavy atom. The van der Waals surface area contributed by atoms with Crippen molar-refractivity contribution in [3.63, 3.8) is 0 Å². The maximum absolute atomic E-state index is 8.85. The lowest BCUT2D eigenvalue weighted by Crippen LogP contribution is -2.29. The lowest BCUT2D eigenvalue weighted by atomic mass is 10.0. The summed E-state index contributed by atoms with van der Waals surface area (Å²) >= 11 is 0. The Morgan fingerprint density at radius 1 is 1.15 bits per heavy atom. The summed E-state index contributed by atoms with van der Waals surface area (Å²) in [6.45, 7) is 3.31. The van der Waals surface area contributed by atoms with Crippen LogP contribution in [0.1, 0.15) is 30.4 Å². The van der Waals surface area contributed by atoms with E-state index < -0.39 is 0 Å². The Hall–Kier alpha value is -2.12. The minimum absolute atomic E-state index is 0.686. The molecule has 1 saturated heterocycles. The van der Waals surface area contributed by atoms with E-state index in [4.69, 9.17) is 5.26 Å². The predicted octanol–water partition coefficient (Wildman–Crippen LogP) is 2.93. The van der Waals surface area contributed by atoms with Crippen LogP contribution in [0.2, 0.25) is 0 Å². The van der Waals surface area contributed by atoms with Crippen LogP contribution in [0, 0.1) is 11.3 Å². The second-order valence-corrected chi connectivity index (χ2v) is 5.30. The summed E-state index contributed by atoms with van der Waals surface area (Å²) < 4.78 is 0. The number of nitrogens with zero attached hydrogens (tertiary/aromatic N) is 3. The van der Waals surface area contributed by atoms with Gasteiger partial charge in [-0.3, -0.25) is 10.00 Å². The number of H-pyrrole nitrogens is 1. The highest BCUT2D eigenvalue weighted by atomic mass is 15.1. The summed E-state index contributed by atoms with van der Waals surface area (Å²) in [6, 6.07) is 9.80. The molecular formula is C16H18N4. The van der Waals surface area contributed by atoms with Crippen LogP contribution in [0.5, 0.6) is 0 Å². The van der Waals surface area contributed by atoms with Crippen LogP contribution in [0.4, 0.5) is 0 Å². The van der Waals surface area contributed by atoms with Crippen molar-refractivity contribution in [1.82, 2.24) is 15.1 Å². The average Bonchev–Trinajstić information content (AvgIpc) is 2.96. The van der Waals surface area contributed by atoms with E-state index in [1.165, 1.54) is 37.9 Å². The minimum atomic E-state index is 0.686. The fraction of sp³-hybridized carbons (Fsp3) is 0.375. The maximum atomic E-state index is 8.85. The van der Waals surface area contributed by atoms with Crippen molar-refractivity contribution in [1.29, 1.82) is 5.26 Å². The zero-order chi connectivity index (χ0) is 13.8. The molecule has 4 heteroatoms. The first-order valence-corrected chi connectivity index (χ1v) is 7.12. The first kappa shape index (κ1) is 12.9. The maximum Gasteiger partial charge on any atom is 0.0991 e. The van der Waals surface area contributed by atoms with Gasteiger partial charge in [-0.25, -0.2) is 0 Å². The van der Waals surface area contributed by atoms with Crippen molar-refractivity contribution in [3.8, 4) is 17.3 Å². The van der Waals surface area contributed by atoms with Gasteiger partial charge in [0.2, 0.25) is 0 Å². The van der Waals surface area contributed by atoms with Gasteiger partial charge in [-0.1, -0.05) is 18.6 Å². The topological polar surface area (TPSA) is 55.7 Å². The van der Waals surface area contributed by atoms with Crippen molar-refractivity contribution < 1.29 is 0 Å². The third-order valence-electron chi connectivity index (χ3n) is 3.86. The summed E-state index contributed by atoms with van der Waals surface area (Å²) in [7, 11) is 0. The lowest BCUT2D eigenvalue weighted by Gasteiger charge is -2.26. The molecule has 1 aliphatic heterocycles. The Balaban J connectivity index is 1.80. The highest BCUT2D eigenvalue weighted by Gasteiger charge is 2.14. The summed E-state index contributed by atoms with van der Waals surface area (Å²) in [6.07, 6.45) is 5.86. The van der Waals surface area contributed by atoms with E-state index in [1.807, 2.05) is 30.5 Å². The summed E-state index contributed by atoms with van der Waals surface area (Å²) in [5, 5.41) is 16.1. The first-order valence-electron chi connectivity index (χ1n) is 7.12. The average molecular weight is 266 g/mol. The zero-order valence-electron chi connectivity index (χ0n) is 11.5. The number of piperidine rings is 1. The summed E-state index contributed by atoms with van der Waals surface area (Å²) in [5.41, 5.74) is 4.08. The smallest absolute Gasteiger partial charge is 0.0991 e. The quantitative estimate of drug-likeness (QED) is 0.929. The van der Waals surface area contributed by atoms with Gasteiger partial charge in [0.1, 0.15) is 0 Å². The molecule has 102 valence electrons. The van der Waals surface area contributed by atoms with Gasteiger partial charge < -0.3 is 0 Å². The molecule has 0 unspecified atom stereocenters. The number of hydrogen-bond acceptors (Lipinski definition) is 3. The Bertz CT molecular complexity index is 600. The molecule has 1 aromatic heterocycles. The second kappa shape index (κ2) is 5.89. The number of nitrogens with one attached hydrogen (secondary N) is 1. The highest BCUT2D eigenvalue weighted by Crippen LogP contribution is 2.23. The Morgan fingerprint density at radius 2 is 1.90 bits per heavy atom. The van der Waals surface area contributed by atoms with Crippen molar-refractivity contribution >= 4 is 0 Å². The monoisotopic (exact) mass is 266 g/mol. The molecule has 20 heavy (non-hydrogen) atoms. The van der Waals surface area contributed by atoms with Crippen LogP contribution >= 0.6 is 0 Å². The molecule has 0 saturated carbocycles. The van der Waals surface area contributed by atoms with E-state index in [0.29, 0.717) is 5.56 Å². The van der Waals surface area contributed by atoms with Gasteiger partial charge in [0, 0.05) is 12.1 Å². The molecule has 0 atom stereocenters. The van der Waals surface area contributed by atoms with Gasteiger partial charge in [0.05, 0.1) is 23.5 Å². The van der Waals surface area contributed by atoms with Crippen LogP contribution in [-0.2, 0) is 6.54 Å². The van der Waals surface area contributed by atoms with Crippen LogP contribution < -0.4 is 0 Å². The van der Waals surface area contributed by atoms with Gasteiger partial charge in [-0.2, -0.15) is 10.4 Å². The molecule has 4 nitrogen and oxygen atoms in total. The van der Waals surface area contributed by atoms with Crippen molar-refractivity contribution in [2.75, 3.05) is 13.1 Å². The van der Waals surface area contributed by atoms with Gasteiger partial charge in [-0.15, -0.1) is 0 Å². The van der Waals surface area contributed by atoms with Crippen molar-refractivity contribution in [3.05, 3.63) is 41.6 Å². The summed E-state index contributed by atoms with van der Waals surface area (Å²) in [5.74, 6) is 0. The zero-order valence-corrected chi connectivity index (χ0v) is 11.5. The molecule has 0 spiro atoms. The largest absolute Gasteiger partial charge is 0.299 e. The fourth-order valence-electron chi connectivity index (χ4n) is 2.75. The molecule has 0 amide bonds. The molecule has 0 bridgehead atoms. The molecule has 2 aromatic rings. The molecule has 0 radical (unpaired) electrons. The van der Waals surface area contributed by atoms with Crippen molar-refractivity contribution in [2.45, 2.75) is 25.8 Å². The second-order valence-electron chi connectivity index (χ2n) is 5.30. The molecule has 3 rings (SSSR count). The standard InChI is InChI=1S/C16H18N4/c17-10-13-4-6-14(7-5-13)16-15(11-18-19-16)12-20-8-2-1-3-9-20/h4-7,11H,1-3,8-9,12H2,(H,18,19). The Labute approximate surface area is 119 Å². The number of rotatable bonds is 3. The fourth-order valence-corrected chi connectivity index (χ4v) is 2.75. The predicted molar refractivity (Wildman–Crippen MR) is 77.9 cm³/mol. The van der Waals surface area contributed by atoms with Crippen LogP contribution in [0.25, 0.3) is 11.3 Å². The molecule has 1 N–H and O–H groups in total. The van der Waals surface area contributed by atoms with Gasteiger partial charge in [-0.05, 0) is 43.6 Å². The normalized spacial score (nSPS) is 15.9. The molecular weight excluding hydrogens is 248 g/mol.